The van der Waals surface area contributed by atoms with Gasteiger partial charge in [-0.1, -0.05) is 60.7 Å². The van der Waals surface area contributed by atoms with E-state index >= 15 is 0 Å². The second kappa shape index (κ2) is 6.07. The van der Waals surface area contributed by atoms with Crippen molar-refractivity contribution in [2.45, 2.75) is 0 Å². The van der Waals surface area contributed by atoms with Crippen molar-refractivity contribution < 1.29 is 9.53 Å². The van der Waals surface area contributed by atoms with Gasteiger partial charge in [0.15, 0.2) is 5.78 Å². The molecule has 0 spiro atoms. The molecular formula is C24H15BrO2. The summed E-state index contributed by atoms with van der Waals surface area (Å²) >= 11 is 3.79. The molecule has 3 heteroatoms. The van der Waals surface area contributed by atoms with Crippen molar-refractivity contribution >= 4 is 32.5 Å². The van der Waals surface area contributed by atoms with Gasteiger partial charge >= 0.3 is 0 Å². The second-order valence-corrected chi connectivity index (χ2v) is 7.38. The van der Waals surface area contributed by atoms with Gasteiger partial charge in [0.2, 0.25) is 0 Å². The molecule has 1 aliphatic rings. The largest absolute Gasteiger partial charge is 0.497 e. The van der Waals surface area contributed by atoms with Crippen LogP contribution in [0.3, 0.4) is 0 Å². The molecule has 0 unspecified atom stereocenters. The molecule has 5 rings (SSSR count). The Morgan fingerprint density at radius 3 is 2.04 bits per heavy atom. The first-order valence-electron chi connectivity index (χ1n) is 8.73. The van der Waals surface area contributed by atoms with Gasteiger partial charge in [0.05, 0.1) is 7.11 Å². The number of carbonyl (C=O) groups is 1. The summed E-state index contributed by atoms with van der Waals surface area (Å²) < 4.78 is 6.28. The lowest BCUT2D eigenvalue weighted by Gasteiger charge is -2.15. The van der Waals surface area contributed by atoms with Gasteiger partial charge in [-0.2, -0.15) is 0 Å². The van der Waals surface area contributed by atoms with Crippen LogP contribution >= 0.6 is 15.9 Å². The monoisotopic (exact) mass is 414 g/mol. The van der Waals surface area contributed by atoms with Crippen molar-refractivity contribution in [3.63, 3.8) is 0 Å². The molecule has 0 fully saturated rings. The number of hydrogen-bond donors (Lipinski definition) is 0. The molecule has 0 radical (unpaired) electrons. The van der Waals surface area contributed by atoms with Crippen LogP contribution in [0.25, 0.3) is 33.0 Å². The molecule has 0 aliphatic heterocycles. The maximum absolute atomic E-state index is 13.4. The molecule has 4 aromatic rings. The van der Waals surface area contributed by atoms with Crippen LogP contribution in [0.2, 0.25) is 0 Å². The first-order chi connectivity index (χ1) is 13.2. The zero-order chi connectivity index (χ0) is 18.5. The molecule has 2 nitrogen and oxygen atoms in total. The van der Waals surface area contributed by atoms with E-state index in [1.54, 1.807) is 7.11 Å². The zero-order valence-corrected chi connectivity index (χ0v) is 16.2. The Hall–Kier alpha value is -2.91. The molecule has 0 bridgehead atoms. The molecule has 0 saturated carbocycles. The van der Waals surface area contributed by atoms with Gasteiger partial charge in [0.25, 0.3) is 0 Å². The third-order valence-electron chi connectivity index (χ3n) is 5.20. The number of ketones is 1. The molecule has 0 N–H and O–H groups in total. The Labute approximate surface area is 165 Å². The fourth-order valence-electron chi connectivity index (χ4n) is 3.97. The highest BCUT2D eigenvalue weighted by Crippen LogP contribution is 2.49. The summed E-state index contributed by atoms with van der Waals surface area (Å²) in [6.07, 6.45) is 0. The molecular weight excluding hydrogens is 400 g/mol. The molecule has 0 atom stereocenters. The number of hydrogen-bond acceptors (Lipinski definition) is 2. The van der Waals surface area contributed by atoms with Crippen LogP contribution in [0.4, 0.5) is 0 Å². The zero-order valence-electron chi connectivity index (χ0n) is 14.6. The molecule has 0 heterocycles. The van der Waals surface area contributed by atoms with Gasteiger partial charge in [-0.25, -0.2) is 0 Å². The summed E-state index contributed by atoms with van der Waals surface area (Å²) in [7, 11) is 1.65. The van der Waals surface area contributed by atoms with E-state index in [4.69, 9.17) is 4.74 Å². The molecule has 0 saturated heterocycles. The predicted octanol–water partition coefficient (Wildman–Crippen LogP) is 6.49. The smallest absolute Gasteiger partial charge is 0.194 e. The van der Waals surface area contributed by atoms with Crippen molar-refractivity contribution in [3.8, 4) is 28.0 Å². The van der Waals surface area contributed by atoms with Crippen molar-refractivity contribution in [2.75, 3.05) is 7.11 Å². The summed E-state index contributed by atoms with van der Waals surface area (Å²) in [5, 5.41) is 2.17. The number of methoxy groups -OCH3 is 1. The number of halogens is 1. The highest BCUT2D eigenvalue weighted by atomic mass is 79.9. The highest BCUT2D eigenvalue weighted by Gasteiger charge is 2.33. The van der Waals surface area contributed by atoms with Crippen LogP contribution in [0.15, 0.2) is 77.3 Å². The minimum Gasteiger partial charge on any atom is -0.497 e. The molecule has 4 aromatic carbocycles. The molecule has 0 amide bonds. The number of carbonyl (C=O) groups excluding carboxylic acids is 1. The third kappa shape index (κ3) is 2.28. The van der Waals surface area contributed by atoms with Crippen molar-refractivity contribution in [2.24, 2.45) is 0 Å². The summed E-state index contributed by atoms with van der Waals surface area (Å²) in [6.45, 7) is 0. The summed E-state index contributed by atoms with van der Waals surface area (Å²) in [5.74, 6) is 0.879. The predicted molar refractivity (Wildman–Crippen MR) is 113 cm³/mol. The van der Waals surface area contributed by atoms with Crippen LogP contribution in [-0.2, 0) is 0 Å². The Kier molecular flexibility index (Phi) is 3.66. The van der Waals surface area contributed by atoms with E-state index in [9.17, 15) is 4.79 Å². The van der Waals surface area contributed by atoms with E-state index in [0.717, 1.165) is 54.4 Å². The first-order valence-corrected chi connectivity index (χ1v) is 9.52. The Bertz CT molecular complexity index is 1220. The van der Waals surface area contributed by atoms with Crippen molar-refractivity contribution in [1.29, 1.82) is 0 Å². The maximum atomic E-state index is 13.4. The van der Waals surface area contributed by atoms with E-state index in [0.29, 0.717) is 0 Å². The van der Waals surface area contributed by atoms with E-state index < -0.39 is 0 Å². The molecule has 130 valence electrons. The summed E-state index contributed by atoms with van der Waals surface area (Å²) in [6, 6.07) is 24.0. The Morgan fingerprint density at radius 2 is 1.33 bits per heavy atom. The quantitative estimate of drug-likeness (QED) is 0.330. The molecule has 0 aromatic heterocycles. The minimum atomic E-state index is 0.0814. The Balaban J connectivity index is 1.94. The second-order valence-electron chi connectivity index (χ2n) is 6.59. The molecule has 27 heavy (non-hydrogen) atoms. The number of ether oxygens (including phenoxy) is 1. The summed E-state index contributed by atoms with van der Waals surface area (Å²) in [5.41, 5.74) is 5.50. The average molecular weight is 415 g/mol. The van der Waals surface area contributed by atoms with Crippen LogP contribution in [0, 0.1) is 0 Å². The number of rotatable bonds is 2. The van der Waals surface area contributed by atoms with Crippen molar-refractivity contribution in [3.05, 3.63) is 88.4 Å². The SMILES string of the molecule is COc1ccc(-c2c3c(c(Br)c4ccccc24)-c2ccccc2C3=O)cc1. The number of fused-ring (bicyclic) bond motifs is 4. The third-order valence-corrected chi connectivity index (χ3v) is 6.02. The van der Waals surface area contributed by atoms with Gasteiger partial charge in [0.1, 0.15) is 5.75 Å². The van der Waals surface area contributed by atoms with Crippen LogP contribution in [0.5, 0.6) is 5.75 Å². The van der Waals surface area contributed by atoms with Gasteiger partial charge in [-0.3, -0.25) is 4.79 Å². The van der Waals surface area contributed by atoms with Crippen LogP contribution < -0.4 is 4.74 Å². The minimum absolute atomic E-state index is 0.0814. The lowest BCUT2D eigenvalue weighted by molar-refractivity contribution is 0.104. The maximum Gasteiger partial charge on any atom is 0.194 e. The highest BCUT2D eigenvalue weighted by molar-refractivity contribution is 9.10. The van der Waals surface area contributed by atoms with E-state index in [-0.39, 0.29) is 5.78 Å². The standard InChI is InChI=1S/C24H15BrO2/c1-27-15-12-10-14(11-13-15)20-16-6-2-4-8-18(16)23(25)21-17-7-3-5-9-19(17)24(26)22(20)21/h2-13H,1H3. The average Bonchev–Trinajstić information content (AvgIpc) is 3.02. The number of benzene rings is 4. The first kappa shape index (κ1) is 16.3. The van der Waals surface area contributed by atoms with E-state index in [1.807, 2.05) is 60.7 Å². The normalized spacial score (nSPS) is 12.1. The van der Waals surface area contributed by atoms with E-state index in [2.05, 4.69) is 28.1 Å². The Morgan fingerprint density at radius 1 is 0.704 bits per heavy atom. The summed E-state index contributed by atoms with van der Waals surface area (Å²) in [4.78, 5) is 13.4. The van der Waals surface area contributed by atoms with E-state index in [1.165, 1.54) is 0 Å². The lowest BCUT2D eigenvalue weighted by Crippen LogP contribution is -2.00. The van der Waals surface area contributed by atoms with Gasteiger partial charge in [-0.05, 0) is 50.0 Å². The van der Waals surface area contributed by atoms with Gasteiger partial charge < -0.3 is 4.74 Å². The van der Waals surface area contributed by atoms with Crippen molar-refractivity contribution in [1.82, 2.24) is 0 Å². The lowest BCUT2D eigenvalue weighted by atomic mass is 9.89. The van der Waals surface area contributed by atoms with Gasteiger partial charge in [0, 0.05) is 26.7 Å². The fraction of sp³-hybridized carbons (Fsp3) is 0.0417. The fourth-order valence-corrected chi connectivity index (χ4v) is 4.73. The van der Waals surface area contributed by atoms with Crippen LogP contribution in [-0.4, -0.2) is 12.9 Å². The van der Waals surface area contributed by atoms with Gasteiger partial charge in [-0.15, -0.1) is 0 Å². The topological polar surface area (TPSA) is 26.3 Å². The van der Waals surface area contributed by atoms with Crippen LogP contribution in [0.1, 0.15) is 15.9 Å². The molecule has 1 aliphatic carbocycles.